The summed E-state index contributed by atoms with van der Waals surface area (Å²) in [7, 11) is 0. The van der Waals surface area contributed by atoms with E-state index in [9.17, 15) is 101 Å². The molecular formula is C56H89O33+. The number of aliphatic carboxylic acids is 1. The Kier molecular flexibility index (Phi) is 24.4. The van der Waals surface area contributed by atoms with Crippen molar-refractivity contribution in [1.29, 1.82) is 0 Å². The van der Waals surface area contributed by atoms with E-state index in [4.69, 9.17) is 61.9 Å². The zero-order chi connectivity index (χ0) is 64.3. The Morgan fingerprint density at radius 1 is 0.416 bits per heavy atom. The molecule has 29 atom stereocenters. The number of ether oxygens (including phenoxy) is 12. The van der Waals surface area contributed by atoms with E-state index in [-0.39, 0.29) is 64.2 Å². The number of esters is 3. The van der Waals surface area contributed by atoms with E-state index in [0.29, 0.717) is 25.7 Å². The standard InChI is InChI=1S/C56H88O33/c57-16-32-38(64)42(68)46(72)53(86-32)81-24-8-3-21(4-9-24)52(77)80-19-35-41(67)45(71)48(74)55(89-35)84-30-11-22(5-10-27(30)59)50-31(85-56-49(75)44(70)39(65)33(88-56)17-78-37(63)15-36(61)62)14-26-28(60)12-25(13-29(26)83-50)82-54-47(73)43(69)40(66)34(87-54)18-79-51(76)20-1-6-23(58)7-2-20/h20-35,38-50,53-60,64-75H,1-19H2,(H,61,62)/p+1. The van der Waals surface area contributed by atoms with Crippen LogP contribution in [0.2, 0.25) is 0 Å². The number of aliphatic hydroxyl groups is 18. The van der Waals surface area contributed by atoms with Crippen molar-refractivity contribution in [1.82, 2.24) is 0 Å². The lowest BCUT2D eigenvalue weighted by Gasteiger charge is -2.50. The summed E-state index contributed by atoms with van der Waals surface area (Å²) in [6.07, 6.45) is -40.6. The summed E-state index contributed by atoms with van der Waals surface area (Å²) in [6, 6.07) is 0. The number of hydrogen-bond donors (Lipinski definition) is 17. The van der Waals surface area contributed by atoms with Crippen molar-refractivity contribution in [2.24, 2.45) is 23.7 Å². The molecule has 9 aliphatic rings. The molecule has 5 heterocycles. The molecule has 510 valence electrons. The summed E-state index contributed by atoms with van der Waals surface area (Å²) in [5, 5.41) is 182. The quantitative estimate of drug-likeness (QED) is 0.0233. The number of fused-ring (bicyclic) bond motifs is 1. The summed E-state index contributed by atoms with van der Waals surface area (Å²) in [5.41, 5.74) is 0. The minimum absolute atomic E-state index is 0.0178. The van der Waals surface area contributed by atoms with Crippen LogP contribution in [0.25, 0.3) is 0 Å². The average molecular weight is 1290 g/mol. The maximum Gasteiger partial charge on any atom is 0.317 e. The minimum atomic E-state index is -1.96. The monoisotopic (exact) mass is 1290 g/mol. The first-order valence-electron chi connectivity index (χ1n) is 30.8. The smallest absolute Gasteiger partial charge is 0.317 e. The molecule has 5 saturated heterocycles. The first-order chi connectivity index (χ1) is 42.3. The molecule has 9 fully saturated rings. The summed E-state index contributed by atoms with van der Waals surface area (Å²) in [6.45, 7) is -2.55. The lowest BCUT2D eigenvalue weighted by Crippen LogP contribution is -2.64. The molecule has 33 nitrogen and oxygen atoms in total. The van der Waals surface area contributed by atoms with E-state index in [0.717, 1.165) is 0 Å². The van der Waals surface area contributed by atoms with Crippen molar-refractivity contribution in [2.75, 3.05) is 26.4 Å². The van der Waals surface area contributed by atoms with Gasteiger partial charge in [-0.05, 0) is 77.0 Å². The third-order valence-electron chi connectivity index (χ3n) is 19.2. The van der Waals surface area contributed by atoms with Crippen LogP contribution in [0.1, 0.15) is 96.3 Å². The summed E-state index contributed by atoms with van der Waals surface area (Å²) < 4.78 is 69.0. The Hall–Kier alpha value is -3.12. The van der Waals surface area contributed by atoms with Crippen molar-refractivity contribution >= 4 is 23.9 Å². The highest BCUT2D eigenvalue weighted by Crippen LogP contribution is 2.45. The van der Waals surface area contributed by atoms with Gasteiger partial charge in [0.25, 0.3) is 0 Å². The second kappa shape index (κ2) is 31.0. The van der Waals surface area contributed by atoms with E-state index >= 15 is 0 Å². The third-order valence-corrected chi connectivity index (χ3v) is 19.2. The van der Waals surface area contributed by atoms with Gasteiger partial charge in [-0.1, -0.05) is 0 Å². The van der Waals surface area contributed by atoms with Crippen LogP contribution in [0.15, 0.2) is 0 Å². The number of aliphatic hydroxyl groups excluding tert-OH is 16. The molecule has 0 radical (unpaired) electrons. The molecule has 89 heavy (non-hydrogen) atoms. The third kappa shape index (κ3) is 16.7. The summed E-state index contributed by atoms with van der Waals surface area (Å²) in [5.74, 6) is -6.53. The van der Waals surface area contributed by atoms with Gasteiger partial charge in [-0.15, -0.1) is 0 Å². The molecule has 0 amide bonds. The molecule has 9 rings (SSSR count). The molecule has 5 aliphatic heterocycles. The van der Waals surface area contributed by atoms with Gasteiger partial charge in [-0.3, -0.25) is 19.2 Å². The SMILES string of the molecule is O=C(O)CC(=O)OCC1OC(OC2CC3C(O)CC(OC4OC(COC(=O)C5CCC(O)CC5)C(O)C(O)C4O)CC3[OH+]C2C2CCC(O)C(OC3OC(COC(=O)C4CCC(OC5OC(CO)C(O)C(O)C5O)CC4)C(O)C(O)C3O)C2)C(O)C(O)C1O. The number of carbonyl (C=O) groups excluding carboxylic acids is 3. The molecule has 0 aromatic heterocycles. The predicted octanol–water partition coefficient (Wildman–Crippen LogP) is -7.80. The first-order valence-corrected chi connectivity index (χ1v) is 30.8. The lowest BCUT2D eigenvalue weighted by atomic mass is 9.72. The Balaban J connectivity index is 0.856. The van der Waals surface area contributed by atoms with Crippen LogP contribution in [-0.4, -0.2) is 320 Å². The zero-order valence-electron chi connectivity index (χ0n) is 48.7. The van der Waals surface area contributed by atoms with Gasteiger partial charge in [0.2, 0.25) is 0 Å². The Morgan fingerprint density at radius 3 is 1.35 bits per heavy atom. The van der Waals surface area contributed by atoms with Gasteiger partial charge in [-0.2, -0.15) is 0 Å². The van der Waals surface area contributed by atoms with E-state index in [2.05, 4.69) is 0 Å². The Bertz CT molecular complexity index is 2290. The number of carboxylic acid groups (broad SMARTS) is 1. The summed E-state index contributed by atoms with van der Waals surface area (Å²) in [4.78, 5) is 49.6. The number of carbonyl (C=O) groups is 4. The lowest BCUT2D eigenvalue weighted by molar-refractivity contribution is -0.364. The van der Waals surface area contributed by atoms with Gasteiger partial charge in [0.15, 0.2) is 37.4 Å². The normalized spacial score (nSPS) is 48.1. The van der Waals surface area contributed by atoms with Gasteiger partial charge in [0, 0.05) is 18.8 Å². The molecule has 0 aromatic carbocycles. The fourth-order valence-electron chi connectivity index (χ4n) is 13.8. The molecular weight excluding hydrogens is 1200 g/mol. The average Bonchev–Trinajstić information content (AvgIpc) is 1.19. The van der Waals surface area contributed by atoms with Crippen molar-refractivity contribution in [3.63, 3.8) is 0 Å². The highest BCUT2D eigenvalue weighted by Gasteiger charge is 2.58. The number of hydrogen-bond acceptors (Lipinski definition) is 31. The van der Waals surface area contributed by atoms with Crippen molar-refractivity contribution in [2.45, 2.75) is 274 Å². The molecule has 0 spiro atoms. The van der Waals surface area contributed by atoms with E-state index in [1.165, 1.54) is 0 Å². The fraction of sp³-hybridized carbons (Fsp3) is 0.929. The molecule has 18 N–H and O–H groups in total. The predicted molar refractivity (Wildman–Crippen MR) is 285 cm³/mol. The molecule has 33 heteroatoms. The van der Waals surface area contributed by atoms with Gasteiger partial charge >= 0.3 is 23.9 Å². The zero-order valence-corrected chi connectivity index (χ0v) is 48.7. The van der Waals surface area contributed by atoms with Gasteiger partial charge in [0.05, 0.1) is 61.0 Å². The highest BCUT2D eigenvalue weighted by atomic mass is 16.7. The Labute approximate surface area is 509 Å². The maximum absolute atomic E-state index is 13.4. The van der Waals surface area contributed by atoms with E-state index in [1.54, 1.807) is 0 Å². The van der Waals surface area contributed by atoms with Gasteiger partial charge < -0.3 is 144 Å². The van der Waals surface area contributed by atoms with Crippen LogP contribution < -0.4 is 0 Å². The molecule has 0 bridgehead atoms. The number of carboxylic acids is 1. The molecule has 29 unspecified atom stereocenters. The van der Waals surface area contributed by atoms with Crippen LogP contribution in [0, 0.1) is 23.7 Å². The summed E-state index contributed by atoms with van der Waals surface area (Å²) >= 11 is 0. The van der Waals surface area contributed by atoms with E-state index < -0.39 is 258 Å². The van der Waals surface area contributed by atoms with Crippen LogP contribution in [-0.2, 0) is 71.3 Å². The first kappa shape index (κ1) is 70.2. The van der Waals surface area contributed by atoms with Crippen molar-refractivity contribution < 1.29 is 163 Å². The Morgan fingerprint density at radius 2 is 0.854 bits per heavy atom. The topological polar surface area (TPSA) is 527 Å². The van der Waals surface area contributed by atoms with Gasteiger partial charge in [0.1, 0.15) is 130 Å². The number of rotatable bonds is 20. The van der Waals surface area contributed by atoms with Crippen LogP contribution in [0.3, 0.4) is 0 Å². The highest BCUT2D eigenvalue weighted by molar-refractivity contribution is 5.90. The van der Waals surface area contributed by atoms with Crippen LogP contribution in [0.5, 0.6) is 0 Å². The fourth-order valence-corrected chi connectivity index (χ4v) is 13.8. The molecule has 4 aliphatic carbocycles. The van der Waals surface area contributed by atoms with Gasteiger partial charge in [-0.25, -0.2) is 0 Å². The molecule has 0 aromatic rings. The minimum Gasteiger partial charge on any atom is -0.481 e. The van der Waals surface area contributed by atoms with Crippen LogP contribution in [0.4, 0.5) is 0 Å². The van der Waals surface area contributed by atoms with Crippen molar-refractivity contribution in [3.8, 4) is 0 Å². The maximum atomic E-state index is 13.4. The second-order valence-electron chi connectivity index (χ2n) is 25.3. The van der Waals surface area contributed by atoms with Crippen molar-refractivity contribution in [3.05, 3.63) is 0 Å². The largest absolute Gasteiger partial charge is 0.481 e. The van der Waals surface area contributed by atoms with Crippen LogP contribution >= 0.6 is 0 Å². The van der Waals surface area contributed by atoms with E-state index in [1.807, 2.05) is 0 Å². The molecule has 4 saturated carbocycles. The second-order valence-corrected chi connectivity index (χ2v) is 25.3.